The molecule has 1 atom stereocenters. The lowest BCUT2D eigenvalue weighted by Crippen LogP contribution is -2.10. The maximum Gasteiger partial charge on any atom is 0.255 e. The van der Waals surface area contributed by atoms with Gasteiger partial charge in [0.05, 0.1) is 0 Å². The maximum absolute atomic E-state index is 8.31. The highest BCUT2D eigenvalue weighted by atomic mass is 15.3. The minimum atomic E-state index is -0.931. The Balaban J connectivity index is 2.89. The first-order valence-corrected chi connectivity index (χ1v) is 2.14. The normalized spacial score (nSPS) is 33.0. The molecule has 40 valence electrons. The fraction of sp³-hybridized carbons (Fsp3) is 0.500. The standard InChI is InChI=1S/C4H4N4/c1-4(2-5)6-3-7-8-4/h3H,1H3. The van der Waals surface area contributed by atoms with Crippen LogP contribution in [0.5, 0.6) is 0 Å². The quantitative estimate of drug-likeness (QED) is 0.451. The van der Waals surface area contributed by atoms with Gasteiger partial charge >= 0.3 is 0 Å². The average molecular weight is 108 g/mol. The van der Waals surface area contributed by atoms with Gasteiger partial charge in [0.15, 0.2) is 0 Å². The second-order valence-corrected chi connectivity index (χ2v) is 1.59. The van der Waals surface area contributed by atoms with Crippen LogP contribution in [0.1, 0.15) is 6.92 Å². The molecular weight excluding hydrogens is 104 g/mol. The molecule has 8 heavy (non-hydrogen) atoms. The summed E-state index contributed by atoms with van der Waals surface area (Å²) in [5, 5.41) is 15.3. The van der Waals surface area contributed by atoms with E-state index in [0.717, 1.165) is 0 Å². The fourth-order valence-corrected chi connectivity index (χ4v) is 0.354. The third-order valence-corrected chi connectivity index (χ3v) is 0.825. The molecule has 0 saturated carbocycles. The van der Waals surface area contributed by atoms with Crippen LogP contribution in [0.2, 0.25) is 0 Å². The maximum atomic E-state index is 8.31. The van der Waals surface area contributed by atoms with E-state index in [0.29, 0.717) is 0 Å². The highest BCUT2D eigenvalue weighted by Crippen LogP contribution is 2.13. The third kappa shape index (κ3) is 0.581. The number of hydrogen-bond acceptors (Lipinski definition) is 4. The smallest absolute Gasteiger partial charge is 0.226 e. The molecule has 0 aromatic rings. The first-order valence-electron chi connectivity index (χ1n) is 2.14. The Hall–Kier alpha value is -1.24. The molecule has 1 aliphatic rings. The summed E-state index contributed by atoms with van der Waals surface area (Å²) in [6.45, 7) is 1.60. The number of azo groups is 1. The number of rotatable bonds is 0. The minimum absolute atomic E-state index is 0.931. The van der Waals surface area contributed by atoms with Gasteiger partial charge in [0.1, 0.15) is 12.4 Å². The van der Waals surface area contributed by atoms with Gasteiger partial charge in [-0.2, -0.15) is 5.26 Å². The van der Waals surface area contributed by atoms with Crippen molar-refractivity contribution in [3.8, 4) is 6.07 Å². The van der Waals surface area contributed by atoms with E-state index >= 15 is 0 Å². The molecule has 0 amide bonds. The third-order valence-electron chi connectivity index (χ3n) is 0.825. The van der Waals surface area contributed by atoms with E-state index in [9.17, 15) is 0 Å². The zero-order valence-electron chi connectivity index (χ0n) is 4.37. The number of aliphatic imine (C=N–C) groups is 1. The average Bonchev–Trinajstić information content (AvgIpc) is 2.17. The monoisotopic (exact) mass is 108 g/mol. The second-order valence-electron chi connectivity index (χ2n) is 1.59. The van der Waals surface area contributed by atoms with Crippen molar-refractivity contribution in [1.82, 2.24) is 0 Å². The molecular formula is C4H4N4. The van der Waals surface area contributed by atoms with Crippen molar-refractivity contribution < 1.29 is 0 Å². The van der Waals surface area contributed by atoms with Gasteiger partial charge < -0.3 is 0 Å². The lowest BCUT2D eigenvalue weighted by molar-refractivity contribution is 0.635. The van der Waals surface area contributed by atoms with Crippen LogP contribution >= 0.6 is 0 Å². The molecule has 1 heterocycles. The van der Waals surface area contributed by atoms with Crippen LogP contribution < -0.4 is 0 Å². The molecule has 0 aromatic carbocycles. The summed E-state index contributed by atoms with van der Waals surface area (Å²) >= 11 is 0. The molecule has 1 rings (SSSR count). The summed E-state index contributed by atoms with van der Waals surface area (Å²) in [6, 6.07) is 1.88. The van der Waals surface area contributed by atoms with E-state index in [1.54, 1.807) is 6.92 Å². The van der Waals surface area contributed by atoms with Crippen molar-refractivity contribution in [3.63, 3.8) is 0 Å². The van der Waals surface area contributed by atoms with Gasteiger partial charge in [-0.05, 0) is 6.92 Å². The van der Waals surface area contributed by atoms with Crippen molar-refractivity contribution >= 4 is 6.34 Å². The van der Waals surface area contributed by atoms with Gasteiger partial charge in [0.2, 0.25) is 0 Å². The van der Waals surface area contributed by atoms with Crippen molar-refractivity contribution in [1.29, 1.82) is 5.26 Å². The first kappa shape index (κ1) is 4.91. The van der Waals surface area contributed by atoms with Crippen molar-refractivity contribution in [2.24, 2.45) is 15.2 Å². The summed E-state index contributed by atoms with van der Waals surface area (Å²) in [6.07, 6.45) is 1.28. The van der Waals surface area contributed by atoms with E-state index in [1.807, 2.05) is 6.07 Å². The summed E-state index contributed by atoms with van der Waals surface area (Å²) in [4.78, 5) is 3.67. The Morgan fingerprint density at radius 3 is 2.75 bits per heavy atom. The predicted molar refractivity (Wildman–Crippen MR) is 27.4 cm³/mol. The Bertz CT molecular complexity index is 173. The molecule has 1 unspecified atom stereocenters. The van der Waals surface area contributed by atoms with Gasteiger partial charge in [-0.1, -0.05) is 0 Å². The van der Waals surface area contributed by atoms with Crippen LogP contribution in [0.4, 0.5) is 0 Å². The topological polar surface area (TPSA) is 60.9 Å². The van der Waals surface area contributed by atoms with E-state index in [1.165, 1.54) is 6.34 Å². The van der Waals surface area contributed by atoms with E-state index < -0.39 is 5.66 Å². The van der Waals surface area contributed by atoms with Crippen LogP contribution in [0.15, 0.2) is 15.2 Å². The Labute approximate surface area is 46.6 Å². The molecule has 0 bridgehead atoms. The first-order chi connectivity index (χ1) is 3.77. The summed E-state index contributed by atoms with van der Waals surface area (Å²) in [7, 11) is 0. The fourth-order valence-electron chi connectivity index (χ4n) is 0.354. The Morgan fingerprint density at radius 2 is 2.50 bits per heavy atom. The highest BCUT2D eigenvalue weighted by molar-refractivity contribution is 5.58. The highest BCUT2D eigenvalue weighted by Gasteiger charge is 2.22. The number of nitriles is 1. The Kier molecular flexibility index (Phi) is 0.841. The molecule has 0 spiro atoms. The van der Waals surface area contributed by atoms with Gasteiger partial charge in [-0.15, -0.1) is 10.2 Å². The van der Waals surface area contributed by atoms with Crippen LogP contribution in [0.3, 0.4) is 0 Å². The van der Waals surface area contributed by atoms with Crippen molar-refractivity contribution in [3.05, 3.63) is 0 Å². The van der Waals surface area contributed by atoms with Crippen LogP contribution in [0, 0.1) is 11.3 Å². The molecule has 0 fully saturated rings. The summed E-state index contributed by atoms with van der Waals surface area (Å²) in [5.74, 6) is 0. The zero-order valence-corrected chi connectivity index (χ0v) is 4.37. The molecule has 4 heteroatoms. The lowest BCUT2D eigenvalue weighted by atomic mass is 10.3. The number of hydrogen-bond donors (Lipinski definition) is 0. The zero-order chi connectivity index (χ0) is 6.04. The largest absolute Gasteiger partial charge is 0.255 e. The second kappa shape index (κ2) is 1.37. The summed E-state index contributed by atoms with van der Waals surface area (Å²) < 4.78 is 0. The van der Waals surface area contributed by atoms with Crippen LogP contribution in [0.25, 0.3) is 0 Å². The van der Waals surface area contributed by atoms with Crippen molar-refractivity contribution in [2.45, 2.75) is 12.6 Å². The van der Waals surface area contributed by atoms with Gasteiger partial charge in [0, 0.05) is 0 Å². The molecule has 0 aliphatic carbocycles. The van der Waals surface area contributed by atoms with E-state index in [-0.39, 0.29) is 0 Å². The lowest BCUT2D eigenvalue weighted by Gasteiger charge is -1.99. The van der Waals surface area contributed by atoms with Crippen molar-refractivity contribution in [2.75, 3.05) is 0 Å². The van der Waals surface area contributed by atoms with Gasteiger partial charge in [-0.3, -0.25) is 0 Å². The molecule has 1 aliphatic heterocycles. The van der Waals surface area contributed by atoms with Crippen LogP contribution in [-0.4, -0.2) is 12.0 Å². The van der Waals surface area contributed by atoms with Gasteiger partial charge in [0.25, 0.3) is 5.66 Å². The van der Waals surface area contributed by atoms with E-state index in [4.69, 9.17) is 5.26 Å². The Morgan fingerprint density at radius 1 is 1.75 bits per heavy atom. The van der Waals surface area contributed by atoms with Crippen LogP contribution in [-0.2, 0) is 0 Å². The minimum Gasteiger partial charge on any atom is -0.226 e. The van der Waals surface area contributed by atoms with E-state index in [2.05, 4.69) is 15.2 Å². The molecule has 0 saturated heterocycles. The molecule has 0 radical (unpaired) electrons. The molecule has 0 aromatic heterocycles. The predicted octanol–water partition coefficient (Wildman–Crippen LogP) is 0.720. The van der Waals surface area contributed by atoms with Gasteiger partial charge in [-0.25, -0.2) is 4.99 Å². The number of nitrogens with zero attached hydrogens (tertiary/aromatic N) is 4. The summed E-state index contributed by atoms with van der Waals surface area (Å²) in [5.41, 5.74) is -0.931. The molecule has 4 nitrogen and oxygen atoms in total. The SMILES string of the molecule is CC1(C#N)N=CN=N1. The molecule has 0 N–H and O–H groups in total.